The molecule has 3 rings (SSSR count). The number of nitrogens with one attached hydrogen (secondary N) is 1. The van der Waals surface area contributed by atoms with Crippen molar-refractivity contribution in [1.82, 2.24) is 4.72 Å². The monoisotopic (exact) mass is 383 g/mol. The fourth-order valence-corrected chi connectivity index (χ4v) is 5.08. The molecule has 0 saturated heterocycles. The molecule has 1 heterocycles. The van der Waals surface area contributed by atoms with E-state index in [-0.39, 0.29) is 16.4 Å². The quantitative estimate of drug-likeness (QED) is 0.825. The van der Waals surface area contributed by atoms with Gasteiger partial charge >= 0.3 is 0 Å². The third-order valence-electron chi connectivity index (χ3n) is 3.71. The molecule has 1 aliphatic rings. The molecule has 1 atom stereocenters. The van der Waals surface area contributed by atoms with E-state index in [1.807, 2.05) is 18.6 Å². The molecule has 24 heavy (non-hydrogen) atoms. The third-order valence-corrected chi connectivity index (χ3v) is 6.68. The highest BCUT2D eigenvalue weighted by Crippen LogP contribution is 2.35. The van der Waals surface area contributed by atoms with Crippen LogP contribution in [-0.2, 0) is 21.2 Å². The average molecular weight is 384 g/mol. The van der Waals surface area contributed by atoms with Crippen LogP contribution in [-0.4, -0.2) is 18.9 Å². The summed E-state index contributed by atoms with van der Waals surface area (Å²) in [7, 11) is -3.91. The predicted molar refractivity (Wildman–Crippen MR) is 91.3 cm³/mol. The van der Waals surface area contributed by atoms with Crippen molar-refractivity contribution >= 4 is 38.7 Å². The molecule has 2 aromatic rings. The molecule has 0 spiro atoms. The number of hydrogen-bond donors (Lipinski definition) is 1. The van der Waals surface area contributed by atoms with Crippen LogP contribution in [0.4, 0.5) is 0 Å². The number of carbonyl (C=O) groups excluding carboxylic acids is 1. The lowest BCUT2D eigenvalue weighted by atomic mass is 9.97. The van der Waals surface area contributed by atoms with Crippen molar-refractivity contribution in [2.75, 3.05) is 0 Å². The van der Waals surface area contributed by atoms with Gasteiger partial charge < -0.3 is 4.55 Å². The Morgan fingerprint density at radius 3 is 2.33 bits per heavy atom. The Kier molecular flexibility index (Phi) is 4.37. The molecule has 0 saturated carbocycles. The summed E-state index contributed by atoms with van der Waals surface area (Å²) in [4.78, 5) is 12.7. The second kappa shape index (κ2) is 6.07. The molecule has 0 aliphatic carbocycles. The molecule has 0 bridgehead atoms. The van der Waals surface area contributed by atoms with E-state index in [1.165, 1.54) is 6.07 Å². The fraction of sp³-hybridized carbons (Fsp3) is 0.188. The van der Waals surface area contributed by atoms with Gasteiger partial charge in [-0.05, 0) is 41.8 Å². The molecule has 1 aliphatic heterocycles. The van der Waals surface area contributed by atoms with Gasteiger partial charge in [0.05, 0.1) is 5.56 Å². The molecular formula is C16H14ClNO4S2. The van der Waals surface area contributed by atoms with Gasteiger partial charge in [0, 0.05) is 22.3 Å². The predicted octanol–water partition coefficient (Wildman–Crippen LogP) is 3.06. The Hall–Kier alpha value is -1.54. The molecule has 0 fully saturated rings. The van der Waals surface area contributed by atoms with E-state index in [0.717, 1.165) is 0 Å². The lowest BCUT2D eigenvalue weighted by Crippen LogP contribution is -2.21. The summed E-state index contributed by atoms with van der Waals surface area (Å²) < 4.78 is 39.1. The van der Waals surface area contributed by atoms with Crippen molar-refractivity contribution in [2.24, 2.45) is 0 Å². The normalized spacial score (nSPS) is 16.8. The van der Waals surface area contributed by atoms with Crippen molar-refractivity contribution in [3.05, 3.63) is 52.5 Å². The molecule has 5 nitrogen and oxygen atoms in total. The van der Waals surface area contributed by atoms with Crippen molar-refractivity contribution in [3.63, 3.8) is 0 Å². The van der Waals surface area contributed by atoms with Crippen LogP contribution >= 0.6 is 11.6 Å². The number of fused-ring (bicyclic) bond motifs is 1. The number of hydrogen-bond acceptors (Lipinski definition) is 4. The van der Waals surface area contributed by atoms with Crippen LogP contribution in [0.2, 0.25) is 5.02 Å². The van der Waals surface area contributed by atoms with Gasteiger partial charge in [0.25, 0.3) is 15.9 Å². The summed E-state index contributed by atoms with van der Waals surface area (Å²) in [5, 5.41) is 0.518. The third kappa shape index (κ3) is 2.93. The summed E-state index contributed by atoms with van der Waals surface area (Å²) in [6.07, 6.45) is 0. The Balaban J connectivity index is 2.19. The maximum atomic E-state index is 12.8. The highest BCUT2D eigenvalue weighted by atomic mass is 35.5. The first-order chi connectivity index (χ1) is 11.2. The van der Waals surface area contributed by atoms with Gasteiger partial charge in [0.1, 0.15) is 4.90 Å². The SMILES string of the molecule is CC(C)c1cc([S+]([O-])c2ccc(Cl)cc2)cc2c1C(=O)NS2(=O)=O. The maximum absolute atomic E-state index is 12.8. The lowest BCUT2D eigenvalue weighted by molar-refractivity contribution is 0.0983. The first kappa shape index (κ1) is 17.3. The van der Waals surface area contributed by atoms with Crippen LogP contribution in [0.1, 0.15) is 35.7 Å². The van der Waals surface area contributed by atoms with E-state index in [0.29, 0.717) is 20.4 Å². The minimum Gasteiger partial charge on any atom is -0.606 e. The van der Waals surface area contributed by atoms with Gasteiger partial charge in [0.15, 0.2) is 9.79 Å². The molecule has 1 N–H and O–H groups in total. The minimum atomic E-state index is -3.91. The Labute approximate surface area is 148 Å². The molecule has 8 heteroatoms. The number of benzene rings is 2. The molecular weight excluding hydrogens is 370 g/mol. The van der Waals surface area contributed by atoms with E-state index >= 15 is 0 Å². The van der Waals surface area contributed by atoms with Crippen LogP contribution in [0, 0.1) is 0 Å². The van der Waals surface area contributed by atoms with E-state index in [4.69, 9.17) is 11.6 Å². The van der Waals surface area contributed by atoms with Crippen LogP contribution in [0.3, 0.4) is 0 Å². The summed E-state index contributed by atoms with van der Waals surface area (Å²) in [5.41, 5.74) is 0.699. The molecule has 126 valence electrons. The Morgan fingerprint density at radius 2 is 1.75 bits per heavy atom. The van der Waals surface area contributed by atoms with Gasteiger partial charge in [-0.1, -0.05) is 25.4 Å². The van der Waals surface area contributed by atoms with E-state index in [2.05, 4.69) is 0 Å². The first-order valence-electron chi connectivity index (χ1n) is 7.13. The molecule has 0 aromatic heterocycles. The molecule has 1 unspecified atom stereocenters. The van der Waals surface area contributed by atoms with Crippen molar-refractivity contribution < 1.29 is 17.8 Å². The zero-order valence-corrected chi connectivity index (χ0v) is 15.3. The lowest BCUT2D eigenvalue weighted by Gasteiger charge is -2.15. The standard InChI is InChI=1S/C16H14ClNO4S2/c1-9(2)13-7-12(23(20)11-5-3-10(17)4-6-11)8-14-15(13)16(19)18-24(14,21)22/h3-9H,1-2H3,(H,18,19). The Morgan fingerprint density at radius 1 is 1.12 bits per heavy atom. The highest BCUT2D eigenvalue weighted by Gasteiger charge is 2.37. The van der Waals surface area contributed by atoms with E-state index in [9.17, 15) is 17.8 Å². The van der Waals surface area contributed by atoms with Crippen molar-refractivity contribution in [3.8, 4) is 0 Å². The topological polar surface area (TPSA) is 86.3 Å². The highest BCUT2D eigenvalue weighted by molar-refractivity contribution is 7.92. The second-order valence-corrected chi connectivity index (χ2v) is 9.27. The van der Waals surface area contributed by atoms with Gasteiger partial charge in [0.2, 0.25) is 0 Å². The van der Waals surface area contributed by atoms with Gasteiger partial charge in [-0.3, -0.25) is 4.79 Å². The summed E-state index contributed by atoms with van der Waals surface area (Å²) in [5.74, 6) is -0.738. The van der Waals surface area contributed by atoms with Crippen LogP contribution < -0.4 is 4.72 Å². The van der Waals surface area contributed by atoms with Gasteiger partial charge in [-0.2, -0.15) is 0 Å². The number of halogens is 1. The smallest absolute Gasteiger partial charge is 0.266 e. The summed E-state index contributed by atoms with van der Waals surface area (Å²) in [6.45, 7) is 3.70. The van der Waals surface area contributed by atoms with Gasteiger partial charge in [-0.25, -0.2) is 13.1 Å². The van der Waals surface area contributed by atoms with Crippen LogP contribution in [0.5, 0.6) is 0 Å². The average Bonchev–Trinajstić information content (AvgIpc) is 2.76. The summed E-state index contributed by atoms with van der Waals surface area (Å²) in [6, 6.07) is 9.42. The number of carbonyl (C=O) groups is 1. The maximum Gasteiger partial charge on any atom is 0.266 e. The first-order valence-corrected chi connectivity index (χ1v) is 10.1. The minimum absolute atomic E-state index is 0.0973. The molecule has 1 amide bonds. The zero-order chi connectivity index (χ0) is 17.6. The number of sulfonamides is 1. The number of rotatable bonds is 3. The van der Waals surface area contributed by atoms with E-state index < -0.39 is 27.1 Å². The zero-order valence-electron chi connectivity index (χ0n) is 12.9. The Bertz CT molecular complexity index is 924. The van der Waals surface area contributed by atoms with Crippen molar-refractivity contribution in [2.45, 2.75) is 34.5 Å². The van der Waals surface area contributed by atoms with E-state index in [1.54, 1.807) is 30.3 Å². The number of amides is 1. The van der Waals surface area contributed by atoms with Crippen LogP contribution in [0.25, 0.3) is 0 Å². The largest absolute Gasteiger partial charge is 0.606 e. The van der Waals surface area contributed by atoms with Crippen LogP contribution in [0.15, 0.2) is 51.1 Å². The summed E-state index contributed by atoms with van der Waals surface area (Å²) >= 11 is 4.25. The molecule has 2 aromatic carbocycles. The fourth-order valence-electron chi connectivity index (χ4n) is 2.55. The van der Waals surface area contributed by atoms with Crippen molar-refractivity contribution in [1.29, 1.82) is 0 Å². The molecule has 0 radical (unpaired) electrons. The van der Waals surface area contributed by atoms with Gasteiger partial charge in [-0.15, -0.1) is 0 Å². The second-order valence-electron chi connectivity index (χ2n) is 5.70.